The van der Waals surface area contributed by atoms with Gasteiger partial charge in [-0.25, -0.2) is 0 Å². The van der Waals surface area contributed by atoms with Crippen molar-refractivity contribution < 1.29 is 9.21 Å². The molecule has 0 saturated heterocycles. The third-order valence-corrected chi connectivity index (χ3v) is 2.79. The quantitative estimate of drug-likeness (QED) is 0.846. The van der Waals surface area contributed by atoms with Crippen molar-refractivity contribution in [3.8, 4) is 0 Å². The highest BCUT2D eigenvalue weighted by Gasteiger charge is 2.23. The van der Waals surface area contributed by atoms with Gasteiger partial charge in [0.25, 0.3) is 0 Å². The standard InChI is InChI=1S/C14H17N3O2/c1-10(2)17(9-12-7-5-4-6-8-12)14(18)13-16-15-11(3)19-13/h4-8,10H,9H2,1-3H3. The second kappa shape index (κ2) is 5.65. The molecule has 1 aromatic heterocycles. The van der Waals surface area contributed by atoms with Gasteiger partial charge in [0.05, 0.1) is 0 Å². The SMILES string of the molecule is Cc1nnc(C(=O)N(Cc2ccccc2)C(C)C)o1. The second-order valence-electron chi connectivity index (χ2n) is 4.64. The lowest BCUT2D eigenvalue weighted by Crippen LogP contribution is -2.36. The maximum atomic E-state index is 12.3. The van der Waals surface area contributed by atoms with Gasteiger partial charge in [-0.15, -0.1) is 10.2 Å². The van der Waals surface area contributed by atoms with E-state index in [1.54, 1.807) is 11.8 Å². The van der Waals surface area contributed by atoms with E-state index in [4.69, 9.17) is 4.42 Å². The highest BCUT2D eigenvalue weighted by atomic mass is 16.4. The summed E-state index contributed by atoms with van der Waals surface area (Å²) in [6.45, 7) is 6.12. The maximum Gasteiger partial charge on any atom is 0.311 e. The van der Waals surface area contributed by atoms with Crippen LogP contribution in [-0.2, 0) is 6.54 Å². The zero-order chi connectivity index (χ0) is 13.8. The number of hydrogen-bond donors (Lipinski definition) is 0. The molecule has 0 bridgehead atoms. The summed E-state index contributed by atoms with van der Waals surface area (Å²) in [5, 5.41) is 7.48. The largest absolute Gasteiger partial charge is 0.417 e. The molecule has 0 saturated carbocycles. The minimum absolute atomic E-state index is 0.0436. The minimum Gasteiger partial charge on any atom is -0.417 e. The number of carbonyl (C=O) groups is 1. The van der Waals surface area contributed by atoms with Gasteiger partial charge in [0.2, 0.25) is 5.89 Å². The number of aryl methyl sites for hydroxylation is 1. The van der Waals surface area contributed by atoms with Crippen LogP contribution >= 0.6 is 0 Å². The van der Waals surface area contributed by atoms with Gasteiger partial charge in [-0.2, -0.15) is 0 Å². The fraction of sp³-hybridized carbons (Fsp3) is 0.357. The highest BCUT2D eigenvalue weighted by molar-refractivity contribution is 5.89. The van der Waals surface area contributed by atoms with Gasteiger partial charge < -0.3 is 9.32 Å². The Morgan fingerprint density at radius 1 is 1.26 bits per heavy atom. The fourth-order valence-corrected chi connectivity index (χ4v) is 1.77. The number of rotatable bonds is 4. The molecule has 5 nitrogen and oxygen atoms in total. The van der Waals surface area contributed by atoms with Gasteiger partial charge in [0.15, 0.2) is 0 Å². The van der Waals surface area contributed by atoms with Crippen LogP contribution in [0.5, 0.6) is 0 Å². The van der Waals surface area contributed by atoms with Crippen LogP contribution < -0.4 is 0 Å². The molecule has 2 aromatic rings. The molecule has 0 aliphatic rings. The number of hydrogen-bond acceptors (Lipinski definition) is 4. The molecule has 0 aliphatic heterocycles. The van der Waals surface area contributed by atoms with E-state index in [2.05, 4.69) is 10.2 Å². The van der Waals surface area contributed by atoms with E-state index in [1.807, 2.05) is 44.2 Å². The lowest BCUT2D eigenvalue weighted by atomic mass is 10.2. The Kier molecular flexibility index (Phi) is 3.94. The zero-order valence-corrected chi connectivity index (χ0v) is 11.3. The van der Waals surface area contributed by atoms with Crippen LogP contribution in [0.1, 0.15) is 36.0 Å². The number of benzene rings is 1. The predicted octanol–water partition coefficient (Wildman–Crippen LogP) is 2.43. The lowest BCUT2D eigenvalue weighted by Gasteiger charge is -2.25. The first-order chi connectivity index (χ1) is 9.08. The van der Waals surface area contributed by atoms with E-state index >= 15 is 0 Å². The average molecular weight is 259 g/mol. The van der Waals surface area contributed by atoms with Crippen LogP contribution in [0, 0.1) is 6.92 Å². The Morgan fingerprint density at radius 2 is 1.95 bits per heavy atom. The van der Waals surface area contributed by atoms with Crippen molar-refractivity contribution >= 4 is 5.91 Å². The van der Waals surface area contributed by atoms with Crippen molar-refractivity contribution in [2.45, 2.75) is 33.4 Å². The molecule has 100 valence electrons. The Bertz CT molecular complexity index is 549. The predicted molar refractivity (Wildman–Crippen MR) is 70.5 cm³/mol. The first-order valence-electron chi connectivity index (χ1n) is 6.23. The van der Waals surface area contributed by atoms with Gasteiger partial charge in [-0.1, -0.05) is 30.3 Å². The molecule has 0 unspecified atom stereocenters. The average Bonchev–Trinajstić information content (AvgIpc) is 2.83. The van der Waals surface area contributed by atoms with Crippen LogP contribution in [0.4, 0.5) is 0 Å². The van der Waals surface area contributed by atoms with Crippen molar-refractivity contribution in [2.75, 3.05) is 0 Å². The molecule has 19 heavy (non-hydrogen) atoms. The highest BCUT2D eigenvalue weighted by Crippen LogP contribution is 2.12. The van der Waals surface area contributed by atoms with Crippen LogP contribution in [0.15, 0.2) is 34.7 Å². The molecular formula is C14H17N3O2. The number of amides is 1. The van der Waals surface area contributed by atoms with Crippen molar-refractivity contribution in [3.63, 3.8) is 0 Å². The van der Waals surface area contributed by atoms with Gasteiger partial charge >= 0.3 is 11.8 Å². The molecule has 1 heterocycles. The molecular weight excluding hydrogens is 242 g/mol. The second-order valence-corrected chi connectivity index (χ2v) is 4.64. The summed E-state index contributed by atoms with van der Waals surface area (Å²) in [5.41, 5.74) is 1.07. The van der Waals surface area contributed by atoms with E-state index in [1.165, 1.54) is 0 Å². The molecule has 0 fully saturated rings. The van der Waals surface area contributed by atoms with E-state index < -0.39 is 0 Å². The number of nitrogens with zero attached hydrogens (tertiary/aromatic N) is 3. The Balaban J connectivity index is 2.19. The van der Waals surface area contributed by atoms with Gasteiger partial charge in [0, 0.05) is 19.5 Å². The first kappa shape index (κ1) is 13.3. The van der Waals surface area contributed by atoms with E-state index in [9.17, 15) is 4.79 Å². The smallest absolute Gasteiger partial charge is 0.311 e. The summed E-state index contributed by atoms with van der Waals surface area (Å²) < 4.78 is 5.20. The van der Waals surface area contributed by atoms with Crippen LogP contribution in [0.25, 0.3) is 0 Å². The van der Waals surface area contributed by atoms with Crippen molar-refractivity contribution in [1.82, 2.24) is 15.1 Å². The molecule has 0 atom stereocenters. The molecule has 0 aliphatic carbocycles. The topological polar surface area (TPSA) is 59.2 Å². The van der Waals surface area contributed by atoms with Crippen LogP contribution in [0.3, 0.4) is 0 Å². The van der Waals surface area contributed by atoms with E-state index in [0.717, 1.165) is 5.56 Å². The summed E-state index contributed by atoms with van der Waals surface area (Å²) in [4.78, 5) is 14.0. The van der Waals surface area contributed by atoms with Crippen molar-refractivity contribution in [2.24, 2.45) is 0 Å². The van der Waals surface area contributed by atoms with Crippen molar-refractivity contribution in [1.29, 1.82) is 0 Å². The van der Waals surface area contributed by atoms with Crippen molar-refractivity contribution in [3.05, 3.63) is 47.7 Å². The number of carbonyl (C=O) groups excluding carboxylic acids is 1. The van der Waals surface area contributed by atoms with Gasteiger partial charge in [0.1, 0.15) is 0 Å². The van der Waals surface area contributed by atoms with Gasteiger partial charge in [-0.3, -0.25) is 4.79 Å². The van der Waals surface area contributed by atoms with E-state index in [0.29, 0.717) is 12.4 Å². The lowest BCUT2D eigenvalue weighted by molar-refractivity contribution is 0.0647. The fourth-order valence-electron chi connectivity index (χ4n) is 1.77. The summed E-state index contributed by atoms with van der Waals surface area (Å²) in [6, 6.07) is 9.89. The molecule has 1 amide bonds. The zero-order valence-electron chi connectivity index (χ0n) is 11.3. The van der Waals surface area contributed by atoms with Gasteiger partial charge in [-0.05, 0) is 19.4 Å². The van der Waals surface area contributed by atoms with Crippen LogP contribution in [-0.4, -0.2) is 27.0 Å². The first-order valence-corrected chi connectivity index (χ1v) is 6.23. The maximum absolute atomic E-state index is 12.3. The molecule has 2 rings (SSSR count). The molecule has 0 N–H and O–H groups in total. The van der Waals surface area contributed by atoms with Crippen LogP contribution in [0.2, 0.25) is 0 Å². The summed E-state index contributed by atoms with van der Waals surface area (Å²) in [5.74, 6) is 0.202. The third kappa shape index (κ3) is 3.19. The molecule has 0 radical (unpaired) electrons. The normalized spacial score (nSPS) is 10.7. The Morgan fingerprint density at radius 3 is 2.47 bits per heavy atom. The molecule has 1 aromatic carbocycles. The summed E-state index contributed by atoms with van der Waals surface area (Å²) in [7, 11) is 0. The van der Waals surface area contributed by atoms with E-state index in [-0.39, 0.29) is 17.8 Å². The third-order valence-electron chi connectivity index (χ3n) is 2.79. The Labute approximate surface area is 112 Å². The summed E-state index contributed by atoms with van der Waals surface area (Å²) >= 11 is 0. The number of aromatic nitrogens is 2. The molecule has 5 heteroatoms. The molecule has 0 spiro atoms. The summed E-state index contributed by atoms with van der Waals surface area (Å²) in [6.07, 6.45) is 0. The monoisotopic (exact) mass is 259 g/mol. The Hall–Kier alpha value is -2.17. The minimum atomic E-state index is -0.237.